The van der Waals surface area contributed by atoms with Crippen molar-refractivity contribution in [3.8, 4) is 0 Å². The molecule has 0 bridgehead atoms. The molecular weight excluding hydrogens is 348 g/mol. The Hall–Kier alpha value is -1.14. The average Bonchev–Trinajstić information content (AvgIpc) is 2.62. The minimum Gasteiger partial charge on any atom is -0.353 e. The van der Waals surface area contributed by atoms with Gasteiger partial charge in [0.1, 0.15) is 0 Å². The quantitative estimate of drug-likeness (QED) is 0.851. The van der Waals surface area contributed by atoms with Gasteiger partial charge in [-0.3, -0.25) is 9.69 Å². The summed E-state index contributed by atoms with van der Waals surface area (Å²) in [4.78, 5) is 19.5. The lowest BCUT2D eigenvalue weighted by Crippen LogP contribution is -2.52. The number of nitrogens with one attached hydrogen (secondary N) is 1. The SMILES string of the molecule is CN1CCN(C)[C@H](CC(=O)NC2CCN(Cc3ccccc3Cl)CC2)C1. The molecule has 1 N–H and O–H groups in total. The van der Waals surface area contributed by atoms with Crippen molar-refractivity contribution >= 4 is 17.5 Å². The van der Waals surface area contributed by atoms with E-state index in [1.165, 1.54) is 5.56 Å². The third-order valence-corrected chi connectivity index (χ3v) is 6.07. The number of likely N-dealkylation sites (tertiary alicyclic amines) is 1. The second-order valence-electron chi connectivity index (χ2n) is 7.81. The van der Waals surface area contributed by atoms with E-state index in [0.717, 1.165) is 57.1 Å². The van der Waals surface area contributed by atoms with Crippen molar-refractivity contribution in [2.24, 2.45) is 0 Å². The summed E-state index contributed by atoms with van der Waals surface area (Å²) in [5, 5.41) is 4.10. The topological polar surface area (TPSA) is 38.8 Å². The zero-order valence-corrected chi connectivity index (χ0v) is 16.7. The van der Waals surface area contributed by atoms with Crippen LogP contribution in [0.2, 0.25) is 5.02 Å². The molecule has 2 fully saturated rings. The number of nitrogens with zero attached hydrogens (tertiary/aromatic N) is 3. The summed E-state index contributed by atoms with van der Waals surface area (Å²) in [6.45, 7) is 5.98. The molecule has 5 nitrogen and oxygen atoms in total. The molecule has 0 saturated carbocycles. The number of likely N-dealkylation sites (N-methyl/N-ethyl adjacent to an activating group) is 2. The number of halogens is 1. The Kier molecular flexibility index (Phi) is 6.92. The van der Waals surface area contributed by atoms with Crippen LogP contribution in [-0.4, -0.2) is 79.5 Å². The lowest BCUT2D eigenvalue weighted by Gasteiger charge is -2.38. The van der Waals surface area contributed by atoms with Crippen LogP contribution in [-0.2, 0) is 11.3 Å². The molecule has 1 aromatic rings. The summed E-state index contributed by atoms with van der Waals surface area (Å²) in [5.41, 5.74) is 1.18. The van der Waals surface area contributed by atoms with Gasteiger partial charge in [0, 0.05) is 62.8 Å². The first kappa shape index (κ1) is 19.6. The van der Waals surface area contributed by atoms with Crippen molar-refractivity contribution in [3.05, 3.63) is 34.9 Å². The summed E-state index contributed by atoms with van der Waals surface area (Å²) < 4.78 is 0. The first-order chi connectivity index (χ1) is 12.5. The van der Waals surface area contributed by atoms with E-state index in [1.807, 2.05) is 18.2 Å². The van der Waals surface area contributed by atoms with E-state index in [-0.39, 0.29) is 5.91 Å². The fraction of sp³-hybridized carbons (Fsp3) is 0.650. The van der Waals surface area contributed by atoms with Gasteiger partial charge in [-0.25, -0.2) is 0 Å². The molecule has 2 heterocycles. The number of piperidine rings is 1. The van der Waals surface area contributed by atoms with Crippen molar-refractivity contribution in [2.75, 3.05) is 46.8 Å². The summed E-state index contributed by atoms with van der Waals surface area (Å²) in [6, 6.07) is 8.67. The molecule has 0 radical (unpaired) electrons. The molecule has 0 aliphatic carbocycles. The van der Waals surface area contributed by atoms with Crippen molar-refractivity contribution in [1.82, 2.24) is 20.0 Å². The highest BCUT2D eigenvalue weighted by molar-refractivity contribution is 6.31. The van der Waals surface area contributed by atoms with E-state index >= 15 is 0 Å². The average molecular weight is 379 g/mol. The first-order valence-corrected chi connectivity index (χ1v) is 10.0. The second-order valence-corrected chi connectivity index (χ2v) is 8.22. The summed E-state index contributed by atoms with van der Waals surface area (Å²) in [7, 11) is 4.25. The van der Waals surface area contributed by atoms with Gasteiger partial charge in [-0.05, 0) is 38.6 Å². The van der Waals surface area contributed by atoms with Crippen LogP contribution in [0.25, 0.3) is 0 Å². The van der Waals surface area contributed by atoms with Gasteiger partial charge >= 0.3 is 0 Å². The van der Waals surface area contributed by atoms with Gasteiger partial charge in [0.2, 0.25) is 5.91 Å². The van der Waals surface area contributed by atoms with Crippen molar-refractivity contribution in [2.45, 2.75) is 37.9 Å². The number of hydrogen-bond donors (Lipinski definition) is 1. The number of piperazine rings is 1. The largest absolute Gasteiger partial charge is 0.353 e. The van der Waals surface area contributed by atoms with E-state index < -0.39 is 0 Å². The van der Waals surface area contributed by atoms with Gasteiger partial charge in [0.25, 0.3) is 0 Å². The van der Waals surface area contributed by atoms with Crippen LogP contribution in [0, 0.1) is 0 Å². The van der Waals surface area contributed by atoms with Gasteiger partial charge in [0.15, 0.2) is 0 Å². The number of carbonyl (C=O) groups excluding carboxylic acids is 1. The number of carbonyl (C=O) groups is 1. The molecular formula is C20H31ClN4O. The molecule has 0 unspecified atom stereocenters. The molecule has 2 saturated heterocycles. The molecule has 6 heteroatoms. The first-order valence-electron chi connectivity index (χ1n) is 9.65. The fourth-order valence-electron chi connectivity index (χ4n) is 3.93. The molecule has 1 amide bonds. The van der Waals surface area contributed by atoms with Crippen molar-refractivity contribution in [1.29, 1.82) is 0 Å². The molecule has 0 spiro atoms. The van der Waals surface area contributed by atoms with E-state index in [0.29, 0.717) is 18.5 Å². The molecule has 3 rings (SSSR count). The molecule has 26 heavy (non-hydrogen) atoms. The van der Waals surface area contributed by atoms with Crippen LogP contribution >= 0.6 is 11.6 Å². The lowest BCUT2D eigenvalue weighted by atomic mass is 10.0. The van der Waals surface area contributed by atoms with Gasteiger partial charge in [0.05, 0.1) is 0 Å². The molecule has 0 aromatic heterocycles. The Balaban J connectivity index is 1.41. The standard InChI is InChI=1S/C20H31ClN4O/c1-23-11-12-24(2)18(15-23)13-20(26)22-17-7-9-25(10-8-17)14-16-5-3-4-6-19(16)21/h3-6,17-18H,7-15H2,1-2H3,(H,22,26)/t18-/m1/s1. The predicted octanol–water partition coefficient (Wildman–Crippen LogP) is 2.06. The molecule has 1 aromatic carbocycles. The number of rotatable bonds is 5. The van der Waals surface area contributed by atoms with Crippen LogP contribution < -0.4 is 5.32 Å². The Morgan fingerprint density at radius 2 is 1.88 bits per heavy atom. The Labute approximate surface area is 162 Å². The summed E-state index contributed by atoms with van der Waals surface area (Å²) in [6.07, 6.45) is 2.62. The van der Waals surface area contributed by atoms with Gasteiger partial charge in [-0.1, -0.05) is 29.8 Å². The zero-order chi connectivity index (χ0) is 18.5. The van der Waals surface area contributed by atoms with E-state index in [9.17, 15) is 4.79 Å². The Morgan fingerprint density at radius 3 is 2.62 bits per heavy atom. The van der Waals surface area contributed by atoms with E-state index in [4.69, 9.17) is 11.6 Å². The number of benzene rings is 1. The maximum absolute atomic E-state index is 12.5. The highest BCUT2D eigenvalue weighted by Gasteiger charge is 2.26. The van der Waals surface area contributed by atoms with Gasteiger partial charge in [-0.15, -0.1) is 0 Å². The monoisotopic (exact) mass is 378 g/mol. The Morgan fingerprint density at radius 1 is 1.15 bits per heavy atom. The molecule has 144 valence electrons. The highest BCUT2D eigenvalue weighted by atomic mass is 35.5. The molecule has 1 atom stereocenters. The highest BCUT2D eigenvalue weighted by Crippen LogP contribution is 2.20. The molecule has 2 aliphatic rings. The zero-order valence-electron chi connectivity index (χ0n) is 16.0. The van der Waals surface area contributed by atoms with Crippen LogP contribution in [0.5, 0.6) is 0 Å². The van der Waals surface area contributed by atoms with Gasteiger partial charge < -0.3 is 15.1 Å². The third-order valence-electron chi connectivity index (χ3n) is 5.71. The van der Waals surface area contributed by atoms with E-state index in [1.54, 1.807) is 0 Å². The lowest BCUT2D eigenvalue weighted by molar-refractivity contribution is -0.123. The number of amides is 1. The normalized spacial score (nSPS) is 23.9. The minimum atomic E-state index is 0.196. The predicted molar refractivity (Wildman–Crippen MR) is 106 cm³/mol. The van der Waals surface area contributed by atoms with Crippen molar-refractivity contribution < 1.29 is 4.79 Å². The summed E-state index contributed by atoms with van der Waals surface area (Å²) in [5.74, 6) is 0.196. The molecule has 2 aliphatic heterocycles. The second kappa shape index (κ2) is 9.18. The van der Waals surface area contributed by atoms with Crippen molar-refractivity contribution in [3.63, 3.8) is 0 Å². The minimum absolute atomic E-state index is 0.196. The van der Waals surface area contributed by atoms with Crippen LogP contribution in [0.15, 0.2) is 24.3 Å². The third kappa shape index (κ3) is 5.43. The van der Waals surface area contributed by atoms with Gasteiger partial charge in [-0.2, -0.15) is 0 Å². The number of hydrogen-bond acceptors (Lipinski definition) is 4. The van der Waals surface area contributed by atoms with E-state index in [2.05, 4.69) is 40.2 Å². The maximum atomic E-state index is 12.5. The fourth-order valence-corrected chi connectivity index (χ4v) is 4.12. The van der Waals surface area contributed by atoms with Crippen LogP contribution in [0.4, 0.5) is 0 Å². The maximum Gasteiger partial charge on any atom is 0.221 e. The Bertz CT molecular complexity index is 603. The smallest absolute Gasteiger partial charge is 0.221 e. The summed E-state index contributed by atoms with van der Waals surface area (Å²) >= 11 is 6.26. The van der Waals surface area contributed by atoms with Crippen LogP contribution in [0.3, 0.4) is 0 Å². The van der Waals surface area contributed by atoms with Crippen LogP contribution in [0.1, 0.15) is 24.8 Å².